The number of aryl methyl sites for hydroxylation is 1. The molecule has 1 fully saturated rings. The average Bonchev–Trinajstić information content (AvgIpc) is 2.61. The lowest BCUT2D eigenvalue weighted by Gasteiger charge is -2.32. The molecule has 7 heteroatoms. The van der Waals surface area contributed by atoms with Crippen LogP contribution in [0.3, 0.4) is 0 Å². The number of hydrogen-bond acceptors (Lipinski definition) is 7. The summed E-state index contributed by atoms with van der Waals surface area (Å²) in [5.41, 5.74) is 1.73. The Labute approximate surface area is 148 Å². The molecule has 1 aliphatic heterocycles. The molecule has 1 saturated heterocycles. The van der Waals surface area contributed by atoms with Crippen molar-refractivity contribution in [1.82, 2.24) is 14.9 Å². The quantitative estimate of drug-likeness (QED) is 0.894. The maximum absolute atomic E-state index is 5.43. The molecule has 1 aliphatic rings. The average molecular weight is 343 g/mol. The molecule has 0 saturated carbocycles. The van der Waals surface area contributed by atoms with E-state index >= 15 is 0 Å². The summed E-state index contributed by atoms with van der Waals surface area (Å²) in [5, 5.41) is 3.33. The molecule has 0 aliphatic carbocycles. The zero-order valence-corrected chi connectivity index (χ0v) is 15.2. The fourth-order valence-corrected chi connectivity index (χ4v) is 2.81. The van der Waals surface area contributed by atoms with E-state index in [9.17, 15) is 0 Å². The zero-order valence-electron chi connectivity index (χ0n) is 15.2. The summed E-state index contributed by atoms with van der Waals surface area (Å²) in [7, 11) is 5.43. The Hall–Kier alpha value is -2.54. The highest BCUT2D eigenvalue weighted by molar-refractivity contribution is 5.67. The highest BCUT2D eigenvalue weighted by Gasteiger charge is 2.17. The van der Waals surface area contributed by atoms with Crippen LogP contribution in [-0.2, 0) is 0 Å². The van der Waals surface area contributed by atoms with E-state index in [4.69, 9.17) is 14.5 Å². The lowest BCUT2D eigenvalue weighted by molar-refractivity contribution is 0.311. The van der Waals surface area contributed by atoms with Gasteiger partial charge < -0.3 is 24.6 Å². The first-order chi connectivity index (χ1) is 12.1. The van der Waals surface area contributed by atoms with Crippen LogP contribution in [0.1, 0.15) is 5.69 Å². The Kier molecular flexibility index (Phi) is 5.23. The smallest absolute Gasteiger partial charge is 0.227 e. The van der Waals surface area contributed by atoms with Crippen LogP contribution in [0.25, 0.3) is 0 Å². The third kappa shape index (κ3) is 4.11. The Morgan fingerprint density at radius 3 is 2.44 bits per heavy atom. The molecule has 0 radical (unpaired) electrons. The standard InChI is InChI=1S/C18H25N5O2/c1-13-11-17(20-15-12-14(24-3)5-6-16(15)25-4)21-18(19-13)23-9-7-22(2)8-10-23/h5-6,11-12H,7-10H2,1-4H3,(H,19,20,21). The predicted octanol–water partition coefficient (Wildman–Crippen LogP) is 2.30. The van der Waals surface area contributed by atoms with E-state index in [1.807, 2.05) is 31.2 Å². The molecule has 0 spiro atoms. The van der Waals surface area contributed by atoms with E-state index in [1.165, 1.54) is 0 Å². The van der Waals surface area contributed by atoms with Gasteiger partial charge in [0.15, 0.2) is 0 Å². The number of benzene rings is 1. The largest absolute Gasteiger partial charge is 0.497 e. The first-order valence-electron chi connectivity index (χ1n) is 8.37. The summed E-state index contributed by atoms with van der Waals surface area (Å²) in [6.07, 6.45) is 0. The van der Waals surface area contributed by atoms with Gasteiger partial charge in [0.25, 0.3) is 0 Å². The van der Waals surface area contributed by atoms with E-state index in [-0.39, 0.29) is 0 Å². The molecule has 1 aromatic carbocycles. The first kappa shape index (κ1) is 17.3. The van der Waals surface area contributed by atoms with Gasteiger partial charge in [-0.1, -0.05) is 0 Å². The number of ether oxygens (including phenoxy) is 2. The second-order valence-corrected chi connectivity index (χ2v) is 6.18. The van der Waals surface area contributed by atoms with Crippen LogP contribution in [-0.4, -0.2) is 62.3 Å². The van der Waals surface area contributed by atoms with E-state index in [2.05, 4.69) is 27.1 Å². The Morgan fingerprint density at radius 2 is 1.76 bits per heavy atom. The van der Waals surface area contributed by atoms with E-state index in [0.717, 1.165) is 60.8 Å². The first-order valence-corrected chi connectivity index (χ1v) is 8.37. The Morgan fingerprint density at radius 1 is 1.00 bits per heavy atom. The molecule has 0 amide bonds. The lowest BCUT2D eigenvalue weighted by atomic mass is 10.2. The predicted molar refractivity (Wildman–Crippen MR) is 99.3 cm³/mol. The molecule has 1 aromatic heterocycles. The van der Waals surface area contributed by atoms with Crippen molar-refractivity contribution in [2.24, 2.45) is 0 Å². The highest BCUT2D eigenvalue weighted by atomic mass is 16.5. The molecule has 2 heterocycles. The SMILES string of the molecule is COc1ccc(OC)c(Nc2cc(C)nc(N3CCN(C)CC3)n2)c1. The zero-order chi connectivity index (χ0) is 17.8. The molecule has 7 nitrogen and oxygen atoms in total. The van der Waals surface area contributed by atoms with Gasteiger partial charge in [0.2, 0.25) is 5.95 Å². The van der Waals surface area contributed by atoms with E-state index in [1.54, 1.807) is 14.2 Å². The number of nitrogens with zero attached hydrogens (tertiary/aromatic N) is 4. The molecular formula is C18H25N5O2. The number of aromatic nitrogens is 2. The van der Waals surface area contributed by atoms with Crippen LogP contribution >= 0.6 is 0 Å². The molecular weight excluding hydrogens is 318 g/mol. The second-order valence-electron chi connectivity index (χ2n) is 6.18. The number of piperazine rings is 1. The Bertz CT molecular complexity index is 729. The van der Waals surface area contributed by atoms with Crippen molar-refractivity contribution in [3.8, 4) is 11.5 Å². The van der Waals surface area contributed by atoms with Crippen molar-refractivity contribution in [1.29, 1.82) is 0 Å². The van der Waals surface area contributed by atoms with Gasteiger partial charge in [0.05, 0.1) is 19.9 Å². The second kappa shape index (κ2) is 7.57. The highest BCUT2D eigenvalue weighted by Crippen LogP contribution is 2.31. The monoisotopic (exact) mass is 343 g/mol. The fraction of sp³-hybridized carbons (Fsp3) is 0.444. The minimum absolute atomic E-state index is 0.734. The van der Waals surface area contributed by atoms with Crippen molar-refractivity contribution in [2.45, 2.75) is 6.92 Å². The molecule has 2 aromatic rings. The summed E-state index contributed by atoms with van der Waals surface area (Å²) in [6, 6.07) is 7.56. The van der Waals surface area contributed by atoms with Crippen LogP contribution in [0.5, 0.6) is 11.5 Å². The number of nitrogens with one attached hydrogen (secondary N) is 1. The van der Waals surface area contributed by atoms with Gasteiger partial charge in [-0.15, -0.1) is 0 Å². The van der Waals surface area contributed by atoms with Crippen LogP contribution in [0.15, 0.2) is 24.3 Å². The third-order valence-corrected chi connectivity index (χ3v) is 4.30. The maximum Gasteiger partial charge on any atom is 0.227 e. The molecule has 0 atom stereocenters. The van der Waals surface area contributed by atoms with Gasteiger partial charge in [-0.25, -0.2) is 4.98 Å². The summed E-state index contributed by atoms with van der Waals surface area (Å²) >= 11 is 0. The number of rotatable bonds is 5. The van der Waals surface area contributed by atoms with Gasteiger partial charge in [0, 0.05) is 44.0 Å². The summed E-state index contributed by atoms with van der Waals surface area (Å²) < 4.78 is 10.7. The van der Waals surface area contributed by atoms with Crippen LogP contribution in [0.4, 0.5) is 17.5 Å². The van der Waals surface area contributed by atoms with Gasteiger partial charge >= 0.3 is 0 Å². The number of hydrogen-bond donors (Lipinski definition) is 1. The number of likely N-dealkylation sites (N-methyl/N-ethyl adjacent to an activating group) is 1. The number of methoxy groups -OCH3 is 2. The van der Waals surface area contributed by atoms with Gasteiger partial charge in [-0.05, 0) is 26.1 Å². The molecule has 134 valence electrons. The molecule has 3 rings (SSSR count). The van der Waals surface area contributed by atoms with Crippen molar-refractivity contribution in [3.63, 3.8) is 0 Å². The summed E-state index contributed by atoms with van der Waals surface area (Å²) in [5.74, 6) is 3.00. The van der Waals surface area contributed by atoms with E-state index in [0.29, 0.717) is 0 Å². The van der Waals surface area contributed by atoms with Crippen molar-refractivity contribution in [3.05, 3.63) is 30.0 Å². The fourth-order valence-electron chi connectivity index (χ4n) is 2.81. The maximum atomic E-state index is 5.43. The van der Waals surface area contributed by atoms with E-state index < -0.39 is 0 Å². The lowest BCUT2D eigenvalue weighted by Crippen LogP contribution is -2.45. The van der Waals surface area contributed by atoms with Crippen molar-refractivity contribution in [2.75, 3.05) is 57.7 Å². The summed E-state index contributed by atoms with van der Waals surface area (Å²) in [6.45, 7) is 5.88. The number of anilines is 3. The van der Waals surface area contributed by atoms with Crippen LogP contribution in [0, 0.1) is 6.92 Å². The molecule has 0 bridgehead atoms. The van der Waals surface area contributed by atoms with Crippen molar-refractivity contribution >= 4 is 17.5 Å². The molecule has 1 N–H and O–H groups in total. The Balaban J connectivity index is 1.86. The minimum atomic E-state index is 0.734. The van der Waals surface area contributed by atoms with Gasteiger partial charge in [0.1, 0.15) is 17.3 Å². The summed E-state index contributed by atoms with van der Waals surface area (Å²) in [4.78, 5) is 13.8. The minimum Gasteiger partial charge on any atom is -0.497 e. The normalized spacial score (nSPS) is 15.1. The molecule has 0 unspecified atom stereocenters. The third-order valence-electron chi connectivity index (χ3n) is 4.30. The van der Waals surface area contributed by atoms with Crippen LogP contribution in [0.2, 0.25) is 0 Å². The van der Waals surface area contributed by atoms with Gasteiger partial charge in [-0.2, -0.15) is 4.98 Å². The topological polar surface area (TPSA) is 62.8 Å². The molecule has 25 heavy (non-hydrogen) atoms. The van der Waals surface area contributed by atoms with Crippen molar-refractivity contribution < 1.29 is 9.47 Å². The van der Waals surface area contributed by atoms with Gasteiger partial charge in [-0.3, -0.25) is 0 Å². The van der Waals surface area contributed by atoms with Crippen LogP contribution < -0.4 is 19.7 Å².